The van der Waals surface area contributed by atoms with Gasteiger partial charge in [0, 0.05) is 10.9 Å². The minimum Gasteiger partial charge on any atom is -0.489 e. The Hall–Kier alpha value is -4.22. The molecular weight excluding hydrogens is 468 g/mol. The molecule has 0 saturated carbocycles. The molecule has 0 aliphatic heterocycles. The monoisotopic (exact) mass is 481 g/mol. The number of rotatable bonds is 6. The highest BCUT2D eigenvalue weighted by atomic mass is 19.4. The number of nitrogens with zero attached hydrogens (tertiary/aromatic N) is 1. The average Bonchev–Trinajstić information content (AvgIpc) is 3.18. The van der Waals surface area contributed by atoms with Gasteiger partial charge in [-0.15, -0.1) is 13.2 Å². The molecule has 1 heterocycles. The highest BCUT2D eigenvalue weighted by Gasteiger charge is 2.31. The molecule has 0 unspecified atom stereocenters. The number of amides is 1. The first-order chi connectivity index (χ1) is 16.1. The third-order valence-electron chi connectivity index (χ3n) is 4.64. The Bertz CT molecular complexity index is 1350. The lowest BCUT2D eigenvalue weighted by molar-refractivity contribution is -0.274. The Morgan fingerprint density at radius 2 is 1.62 bits per heavy atom. The van der Waals surface area contributed by atoms with Crippen LogP contribution in [0.15, 0.2) is 54.6 Å². The molecule has 0 fully saturated rings. The molecule has 176 valence electrons. The van der Waals surface area contributed by atoms with E-state index in [1.165, 1.54) is 18.2 Å². The van der Waals surface area contributed by atoms with Crippen LogP contribution in [-0.4, -0.2) is 22.5 Å². The van der Waals surface area contributed by atoms with Crippen molar-refractivity contribution in [3.8, 4) is 11.5 Å². The first-order valence-corrected chi connectivity index (χ1v) is 9.51. The summed E-state index contributed by atoms with van der Waals surface area (Å²) in [5.41, 5.74) is -0.0615. The molecular formula is C22H13F6N3O3. The number of halogens is 6. The van der Waals surface area contributed by atoms with Gasteiger partial charge in [0.2, 0.25) is 0 Å². The number of fused-ring (bicyclic) bond motifs is 1. The van der Waals surface area contributed by atoms with Crippen molar-refractivity contribution in [2.45, 2.75) is 13.0 Å². The third-order valence-corrected chi connectivity index (χ3v) is 4.64. The van der Waals surface area contributed by atoms with Crippen molar-refractivity contribution in [2.75, 3.05) is 5.32 Å². The SMILES string of the molecule is O=C(Nc1n[nH]c2ccc(OCc3c(F)ccc(F)c3F)cc12)c1ccc(OC(F)(F)F)cc1. The Morgan fingerprint density at radius 1 is 0.941 bits per heavy atom. The van der Waals surface area contributed by atoms with Crippen LogP contribution in [0.25, 0.3) is 10.9 Å². The third kappa shape index (κ3) is 5.05. The van der Waals surface area contributed by atoms with E-state index in [9.17, 15) is 31.1 Å². The Balaban J connectivity index is 1.49. The molecule has 1 aromatic heterocycles. The molecule has 1 amide bonds. The minimum atomic E-state index is -4.86. The van der Waals surface area contributed by atoms with Crippen molar-refractivity contribution < 1.29 is 40.6 Å². The van der Waals surface area contributed by atoms with Gasteiger partial charge in [0.05, 0.1) is 11.1 Å². The van der Waals surface area contributed by atoms with Crippen LogP contribution in [0.2, 0.25) is 0 Å². The van der Waals surface area contributed by atoms with Gasteiger partial charge in [0.1, 0.15) is 23.9 Å². The lowest BCUT2D eigenvalue weighted by Crippen LogP contribution is -2.17. The molecule has 0 atom stereocenters. The van der Waals surface area contributed by atoms with Gasteiger partial charge in [-0.1, -0.05) is 0 Å². The number of hydrogen-bond donors (Lipinski definition) is 2. The number of alkyl halides is 3. The number of hydrogen-bond acceptors (Lipinski definition) is 4. The van der Waals surface area contributed by atoms with E-state index in [0.717, 1.165) is 30.3 Å². The molecule has 0 radical (unpaired) electrons. The number of carbonyl (C=O) groups excluding carboxylic acids is 1. The first kappa shape index (κ1) is 23.0. The number of nitrogens with one attached hydrogen (secondary N) is 2. The van der Waals surface area contributed by atoms with Crippen molar-refractivity contribution in [1.82, 2.24) is 10.2 Å². The zero-order valence-corrected chi connectivity index (χ0v) is 16.8. The van der Waals surface area contributed by atoms with Crippen LogP contribution in [0, 0.1) is 17.5 Å². The number of ether oxygens (including phenoxy) is 2. The molecule has 6 nitrogen and oxygen atoms in total. The number of aromatic amines is 1. The molecule has 0 aliphatic carbocycles. The molecule has 4 aromatic rings. The van der Waals surface area contributed by atoms with E-state index in [2.05, 4.69) is 20.3 Å². The molecule has 0 aliphatic rings. The number of benzene rings is 3. The number of anilines is 1. The molecule has 12 heteroatoms. The van der Waals surface area contributed by atoms with Crippen molar-refractivity contribution in [3.05, 3.63) is 83.2 Å². The number of aromatic nitrogens is 2. The summed E-state index contributed by atoms with van der Waals surface area (Å²) in [7, 11) is 0. The van der Waals surface area contributed by atoms with E-state index in [1.807, 2.05) is 0 Å². The molecule has 0 saturated heterocycles. The summed E-state index contributed by atoms with van der Waals surface area (Å²) >= 11 is 0. The van der Waals surface area contributed by atoms with E-state index in [-0.39, 0.29) is 17.1 Å². The highest BCUT2D eigenvalue weighted by molar-refractivity contribution is 6.08. The zero-order valence-electron chi connectivity index (χ0n) is 16.8. The number of H-pyrrole nitrogens is 1. The van der Waals surface area contributed by atoms with Crippen LogP contribution < -0.4 is 14.8 Å². The van der Waals surface area contributed by atoms with Gasteiger partial charge < -0.3 is 14.8 Å². The van der Waals surface area contributed by atoms with Crippen molar-refractivity contribution >= 4 is 22.6 Å². The maximum atomic E-state index is 13.8. The van der Waals surface area contributed by atoms with Crippen molar-refractivity contribution in [1.29, 1.82) is 0 Å². The van der Waals surface area contributed by atoms with E-state index in [1.54, 1.807) is 0 Å². The minimum absolute atomic E-state index is 0.0372. The summed E-state index contributed by atoms with van der Waals surface area (Å²) in [6.07, 6.45) is -4.86. The summed E-state index contributed by atoms with van der Waals surface area (Å²) in [6.45, 7) is -0.590. The van der Waals surface area contributed by atoms with Gasteiger partial charge >= 0.3 is 6.36 Å². The summed E-state index contributed by atoms with van der Waals surface area (Å²) in [5.74, 6) is -4.46. The maximum Gasteiger partial charge on any atom is 0.573 e. The van der Waals surface area contributed by atoms with E-state index >= 15 is 0 Å². The maximum absolute atomic E-state index is 13.8. The zero-order chi connectivity index (χ0) is 24.5. The molecule has 4 rings (SSSR count). The second kappa shape index (κ2) is 8.96. The van der Waals surface area contributed by atoms with Gasteiger partial charge in [0.25, 0.3) is 5.91 Å². The Kier molecular flexibility index (Phi) is 6.05. The normalized spacial score (nSPS) is 11.5. The predicted octanol–water partition coefficient (Wildman–Crippen LogP) is 5.71. The summed E-state index contributed by atoms with van der Waals surface area (Å²) < 4.78 is 86.9. The molecule has 0 spiro atoms. The lowest BCUT2D eigenvalue weighted by atomic mass is 10.2. The molecule has 2 N–H and O–H groups in total. The lowest BCUT2D eigenvalue weighted by Gasteiger charge is -2.10. The van der Waals surface area contributed by atoms with E-state index in [4.69, 9.17) is 4.74 Å². The van der Waals surface area contributed by atoms with Gasteiger partial charge in [-0.2, -0.15) is 5.10 Å². The highest BCUT2D eigenvalue weighted by Crippen LogP contribution is 2.28. The van der Waals surface area contributed by atoms with Crippen LogP contribution in [0.4, 0.5) is 32.2 Å². The summed E-state index contributed by atoms with van der Waals surface area (Å²) in [6, 6.07) is 10.1. The second-order valence-corrected chi connectivity index (χ2v) is 6.92. The van der Waals surface area contributed by atoms with Crippen LogP contribution in [0.5, 0.6) is 11.5 Å². The van der Waals surface area contributed by atoms with Crippen LogP contribution >= 0.6 is 0 Å². The summed E-state index contributed by atoms with van der Waals surface area (Å²) in [5, 5.41) is 9.53. The molecule has 0 bridgehead atoms. The first-order valence-electron chi connectivity index (χ1n) is 9.51. The quantitative estimate of drug-likeness (QED) is 0.273. The van der Waals surface area contributed by atoms with Gasteiger partial charge in [-0.05, 0) is 54.6 Å². The summed E-state index contributed by atoms with van der Waals surface area (Å²) in [4.78, 5) is 12.5. The Labute approximate surface area is 187 Å². The second-order valence-electron chi connectivity index (χ2n) is 6.92. The smallest absolute Gasteiger partial charge is 0.489 e. The topological polar surface area (TPSA) is 76.2 Å². The molecule has 34 heavy (non-hydrogen) atoms. The standard InChI is InChI=1S/C22H13F6N3O3/c23-16-6-7-17(24)19(25)15(16)10-33-13-5-8-18-14(9-13)20(31-30-18)29-21(32)11-1-3-12(4-2-11)34-22(26,27)28/h1-9H,10H2,(H2,29,30,31,32). The predicted molar refractivity (Wildman–Crippen MR) is 108 cm³/mol. The number of carbonyl (C=O) groups is 1. The van der Waals surface area contributed by atoms with Gasteiger partial charge in [0.15, 0.2) is 17.5 Å². The largest absolute Gasteiger partial charge is 0.573 e. The fraction of sp³-hybridized carbons (Fsp3) is 0.0909. The van der Waals surface area contributed by atoms with Crippen molar-refractivity contribution in [2.24, 2.45) is 0 Å². The fourth-order valence-electron chi connectivity index (χ4n) is 3.02. The van der Waals surface area contributed by atoms with Gasteiger partial charge in [-0.25, -0.2) is 13.2 Å². The molecule has 3 aromatic carbocycles. The van der Waals surface area contributed by atoms with Crippen LogP contribution in [-0.2, 0) is 6.61 Å². The van der Waals surface area contributed by atoms with E-state index in [0.29, 0.717) is 17.0 Å². The fourth-order valence-corrected chi connectivity index (χ4v) is 3.02. The van der Waals surface area contributed by atoms with Gasteiger partial charge in [-0.3, -0.25) is 9.89 Å². The van der Waals surface area contributed by atoms with Crippen LogP contribution in [0.1, 0.15) is 15.9 Å². The Morgan fingerprint density at radius 3 is 2.32 bits per heavy atom. The average molecular weight is 481 g/mol. The van der Waals surface area contributed by atoms with Crippen molar-refractivity contribution in [3.63, 3.8) is 0 Å². The van der Waals surface area contributed by atoms with Crippen LogP contribution in [0.3, 0.4) is 0 Å². The van der Waals surface area contributed by atoms with E-state index < -0.39 is 47.6 Å².